The SMILES string of the molecule is CCCCCCC/C=C\C/C=C\CCCCCCCCCCCCCCCCCCCCCCCCCCCC(=O)NC(CO)C(O)CCCCCCCCCCCCCCCCCCC. The van der Waals surface area contributed by atoms with Gasteiger partial charge in [-0.3, -0.25) is 4.79 Å². The second-order valence-electron chi connectivity index (χ2n) is 21.1. The predicted octanol–water partition coefficient (Wildman–Crippen LogP) is 20.3. The van der Waals surface area contributed by atoms with Gasteiger partial charge in [-0.1, -0.05) is 321 Å². The Balaban J connectivity index is 3.36. The average molecular weight is 929 g/mol. The van der Waals surface area contributed by atoms with Gasteiger partial charge in [-0.05, 0) is 44.9 Å². The van der Waals surface area contributed by atoms with Crippen molar-refractivity contribution in [2.24, 2.45) is 0 Å². The summed E-state index contributed by atoms with van der Waals surface area (Å²) in [5.74, 6) is -0.0236. The van der Waals surface area contributed by atoms with Gasteiger partial charge in [0, 0.05) is 6.42 Å². The van der Waals surface area contributed by atoms with E-state index in [1.165, 1.54) is 289 Å². The van der Waals surface area contributed by atoms with Gasteiger partial charge in [0.15, 0.2) is 0 Å². The molecule has 0 radical (unpaired) electrons. The van der Waals surface area contributed by atoms with Crippen molar-refractivity contribution in [2.45, 2.75) is 360 Å². The minimum Gasteiger partial charge on any atom is -0.394 e. The van der Waals surface area contributed by atoms with Crippen molar-refractivity contribution in [3.8, 4) is 0 Å². The number of hydrogen-bond acceptors (Lipinski definition) is 3. The molecule has 0 aromatic carbocycles. The Bertz CT molecular complexity index is 963. The summed E-state index contributed by atoms with van der Waals surface area (Å²) in [7, 11) is 0. The van der Waals surface area contributed by atoms with Crippen molar-refractivity contribution in [3.63, 3.8) is 0 Å². The van der Waals surface area contributed by atoms with Gasteiger partial charge in [0.05, 0.1) is 18.8 Å². The van der Waals surface area contributed by atoms with Crippen LogP contribution in [-0.4, -0.2) is 34.9 Å². The molecule has 0 saturated carbocycles. The Morgan fingerprint density at radius 1 is 0.364 bits per heavy atom. The predicted molar refractivity (Wildman–Crippen MR) is 295 cm³/mol. The van der Waals surface area contributed by atoms with Crippen LogP contribution in [0.1, 0.15) is 348 Å². The summed E-state index contributed by atoms with van der Waals surface area (Å²) < 4.78 is 0. The fourth-order valence-corrected chi connectivity index (χ4v) is 9.81. The summed E-state index contributed by atoms with van der Waals surface area (Å²) in [5.41, 5.74) is 0. The fraction of sp³-hybridized carbons (Fsp3) is 0.919. The largest absolute Gasteiger partial charge is 0.394 e. The first-order valence-corrected chi connectivity index (χ1v) is 30.5. The number of amides is 1. The number of carbonyl (C=O) groups excluding carboxylic acids is 1. The third-order valence-electron chi connectivity index (χ3n) is 14.5. The summed E-state index contributed by atoms with van der Waals surface area (Å²) in [6, 6.07) is -0.533. The third kappa shape index (κ3) is 53.8. The van der Waals surface area contributed by atoms with Crippen LogP contribution in [0.4, 0.5) is 0 Å². The topological polar surface area (TPSA) is 69.6 Å². The molecule has 0 rings (SSSR count). The zero-order chi connectivity index (χ0) is 47.7. The number of carbonyl (C=O) groups is 1. The van der Waals surface area contributed by atoms with Crippen LogP contribution >= 0.6 is 0 Å². The van der Waals surface area contributed by atoms with E-state index in [2.05, 4.69) is 43.5 Å². The maximum absolute atomic E-state index is 12.5. The van der Waals surface area contributed by atoms with Crippen molar-refractivity contribution in [2.75, 3.05) is 6.61 Å². The highest BCUT2D eigenvalue weighted by Gasteiger charge is 2.20. The molecule has 4 heteroatoms. The minimum atomic E-state index is -0.656. The summed E-state index contributed by atoms with van der Waals surface area (Å²) >= 11 is 0. The van der Waals surface area contributed by atoms with Crippen LogP contribution in [0.25, 0.3) is 0 Å². The number of aliphatic hydroxyl groups is 2. The quantitative estimate of drug-likeness (QED) is 0.0420. The van der Waals surface area contributed by atoms with Crippen LogP contribution in [0.2, 0.25) is 0 Å². The molecular weight excluding hydrogens is 807 g/mol. The number of hydrogen-bond donors (Lipinski definition) is 3. The van der Waals surface area contributed by atoms with E-state index in [0.717, 1.165) is 32.1 Å². The first-order valence-electron chi connectivity index (χ1n) is 30.5. The number of unbranched alkanes of at least 4 members (excludes halogenated alkanes) is 46. The number of nitrogens with one attached hydrogen (secondary N) is 1. The molecular formula is C62H121NO3. The summed E-state index contributed by atoms with van der Waals surface area (Å²) in [4.78, 5) is 12.5. The number of aliphatic hydroxyl groups excluding tert-OH is 2. The van der Waals surface area contributed by atoms with E-state index in [4.69, 9.17) is 0 Å². The van der Waals surface area contributed by atoms with Crippen LogP contribution in [0.3, 0.4) is 0 Å². The van der Waals surface area contributed by atoms with Gasteiger partial charge in [0.1, 0.15) is 0 Å². The van der Waals surface area contributed by atoms with Gasteiger partial charge in [-0.15, -0.1) is 0 Å². The molecule has 3 N–H and O–H groups in total. The number of allylic oxidation sites excluding steroid dienone is 4. The van der Waals surface area contributed by atoms with E-state index in [9.17, 15) is 15.0 Å². The summed E-state index contributed by atoms with van der Waals surface area (Å²) in [6.45, 7) is 4.38. The van der Waals surface area contributed by atoms with Crippen molar-refractivity contribution in [1.82, 2.24) is 5.32 Å². The second-order valence-corrected chi connectivity index (χ2v) is 21.1. The van der Waals surface area contributed by atoms with Gasteiger partial charge in [-0.2, -0.15) is 0 Å². The van der Waals surface area contributed by atoms with Crippen LogP contribution in [0, 0.1) is 0 Å². The molecule has 2 unspecified atom stereocenters. The summed E-state index contributed by atoms with van der Waals surface area (Å²) in [5, 5.41) is 23.3. The molecule has 2 atom stereocenters. The Labute approximate surface area is 415 Å². The Hall–Kier alpha value is -1.13. The zero-order valence-electron chi connectivity index (χ0n) is 45.2. The lowest BCUT2D eigenvalue weighted by Gasteiger charge is -2.22. The second kappa shape index (κ2) is 58.2. The van der Waals surface area contributed by atoms with E-state index < -0.39 is 12.1 Å². The zero-order valence-corrected chi connectivity index (χ0v) is 45.2. The lowest BCUT2D eigenvalue weighted by atomic mass is 10.0. The molecule has 0 heterocycles. The van der Waals surface area contributed by atoms with E-state index in [1.807, 2.05) is 0 Å². The van der Waals surface area contributed by atoms with Gasteiger partial charge in [-0.25, -0.2) is 0 Å². The number of rotatable bonds is 57. The molecule has 0 fully saturated rings. The maximum atomic E-state index is 12.5. The Kier molecular flexibility index (Phi) is 57.2. The third-order valence-corrected chi connectivity index (χ3v) is 14.5. The lowest BCUT2D eigenvalue weighted by molar-refractivity contribution is -0.123. The smallest absolute Gasteiger partial charge is 0.220 e. The molecule has 0 bridgehead atoms. The lowest BCUT2D eigenvalue weighted by Crippen LogP contribution is -2.45. The maximum Gasteiger partial charge on any atom is 0.220 e. The minimum absolute atomic E-state index is 0.0236. The molecule has 0 aliphatic heterocycles. The monoisotopic (exact) mass is 928 g/mol. The molecule has 0 aliphatic carbocycles. The average Bonchev–Trinajstić information content (AvgIpc) is 3.32. The summed E-state index contributed by atoms with van der Waals surface area (Å²) in [6.07, 6.45) is 77.7. The van der Waals surface area contributed by atoms with Crippen molar-refractivity contribution in [3.05, 3.63) is 24.3 Å². The molecule has 0 saturated heterocycles. The van der Waals surface area contributed by atoms with Crippen LogP contribution in [0.5, 0.6) is 0 Å². The Morgan fingerprint density at radius 3 is 0.909 bits per heavy atom. The van der Waals surface area contributed by atoms with Gasteiger partial charge >= 0.3 is 0 Å². The molecule has 0 spiro atoms. The fourth-order valence-electron chi connectivity index (χ4n) is 9.81. The standard InChI is InChI=1S/C62H121NO3/c1-3-5-7-9-11-13-15-17-19-21-22-23-24-25-26-27-28-29-30-31-32-33-34-35-36-37-38-39-40-42-44-46-48-50-52-54-56-58-62(66)63-60(59-64)61(65)57-55-53-51-49-47-45-43-41-20-18-16-14-12-10-8-6-4-2/h15,17,21-22,60-61,64-65H,3-14,16,18-20,23-59H2,1-2H3,(H,63,66)/b17-15-,22-21-. The normalized spacial score (nSPS) is 12.8. The van der Waals surface area contributed by atoms with E-state index in [1.54, 1.807) is 0 Å². The van der Waals surface area contributed by atoms with E-state index in [-0.39, 0.29) is 12.5 Å². The molecule has 0 aromatic heterocycles. The molecule has 0 aromatic rings. The highest BCUT2D eigenvalue weighted by molar-refractivity contribution is 5.76. The van der Waals surface area contributed by atoms with Crippen LogP contribution in [-0.2, 0) is 4.79 Å². The van der Waals surface area contributed by atoms with Crippen molar-refractivity contribution >= 4 is 5.91 Å². The van der Waals surface area contributed by atoms with Crippen LogP contribution in [0.15, 0.2) is 24.3 Å². The molecule has 66 heavy (non-hydrogen) atoms. The first kappa shape index (κ1) is 64.9. The molecule has 1 amide bonds. The van der Waals surface area contributed by atoms with Gasteiger partial charge in [0.25, 0.3) is 0 Å². The van der Waals surface area contributed by atoms with Gasteiger partial charge < -0.3 is 15.5 Å². The molecule has 4 nitrogen and oxygen atoms in total. The van der Waals surface area contributed by atoms with Crippen LogP contribution < -0.4 is 5.32 Å². The first-order chi connectivity index (χ1) is 32.7. The molecule has 392 valence electrons. The van der Waals surface area contributed by atoms with Crippen molar-refractivity contribution < 1.29 is 15.0 Å². The molecule has 0 aliphatic rings. The highest BCUT2D eigenvalue weighted by Crippen LogP contribution is 2.18. The highest BCUT2D eigenvalue weighted by atomic mass is 16.3. The van der Waals surface area contributed by atoms with Crippen molar-refractivity contribution in [1.29, 1.82) is 0 Å². The Morgan fingerprint density at radius 2 is 0.621 bits per heavy atom. The van der Waals surface area contributed by atoms with Gasteiger partial charge in [0.2, 0.25) is 5.91 Å². The van der Waals surface area contributed by atoms with E-state index >= 15 is 0 Å². The van der Waals surface area contributed by atoms with E-state index in [0.29, 0.717) is 12.8 Å².